The number of amides is 1. The van der Waals surface area contributed by atoms with Gasteiger partial charge in [-0.2, -0.15) is 5.26 Å². The number of hydrogen-bond donors (Lipinski definition) is 2. The van der Waals surface area contributed by atoms with Gasteiger partial charge in [0.2, 0.25) is 0 Å². The number of hydrogen-bond acceptors (Lipinski definition) is 5. The Bertz CT molecular complexity index is 995. The third-order valence-corrected chi connectivity index (χ3v) is 4.12. The molecule has 0 unspecified atom stereocenters. The molecule has 0 fully saturated rings. The van der Waals surface area contributed by atoms with E-state index in [0.29, 0.717) is 29.4 Å². The molecule has 0 atom stereocenters. The second-order valence-corrected chi connectivity index (χ2v) is 6.22. The van der Waals surface area contributed by atoms with E-state index in [9.17, 15) is 10.1 Å². The highest BCUT2D eigenvalue weighted by atomic mass is 16.1. The summed E-state index contributed by atoms with van der Waals surface area (Å²) in [5, 5.41) is 15.3. The fourth-order valence-corrected chi connectivity index (χ4v) is 2.64. The number of carbonyl (C=O) groups is 1. The highest BCUT2D eigenvalue weighted by molar-refractivity contribution is 5.93. The van der Waals surface area contributed by atoms with Gasteiger partial charge in [-0.25, -0.2) is 9.97 Å². The smallest absolute Gasteiger partial charge is 0.270 e. The first-order chi connectivity index (χ1) is 13.7. The van der Waals surface area contributed by atoms with Crippen LogP contribution in [0.25, 0.3) is 11.4 Å². The van der Waals surface area contributed by atoms with E-state index in [1.54, 1.807) is 24.3 Å². The molecule has 0 saturated heterocycles. The minimum atomic E-state index is -0.246. The van der Waals surface area contributed by atoms with Crippen LogP contribution in [0.4, 0.5) is 11.5 Å². The third kappa shape index (κ3) is 4.71. The predicted molar refractivity (Wildman–Crippen MR) is 109 cm³/mol. The molecule has 0 radical (unpaired) electrons. The molecule has 6 nitrogen and oxygen atoms in total. The maximum atomic E-state index is 12.5. The van der Waals surface area contributed by atoms with E-state index in [0.717, 1.165) is 18.4 Å². The lowest BCUT2D eigenvalue weighted by Gasteiger charge is -2.11. The van der Waals surface area contributed by atoms with Crippen LogP contribution in [0.1, 0.15) is 35.8 Å². The average Bonchev–Trinajstić information content (AvgIpc) is 2.74. The van der Waals surface area contributed by atoms with Crippen molar-refractivity contribution >= 4 is 17.4 Å². The summed E-state index contributed by atoms with van der Waals surface area (Å²) >= 11 is 0. The number of anilines is 2. The van der Waals surface area contributed by atoms with Crippen molar-refractivity contribution in [3.05, 3.63) is 71.9 Å². The third-order valence-electron chi connectivity index (χ3n) is 4.12. The summed E-state index contributed by atoms with van der Waals surface area (Å²) in [6.45, 7) is 2.67. The summed E-state index contributed by atoms with van der Waals surface area (Å²) in [5.74, 6) is 0.655. The molecule has 2 N–H and O–H groups in total. The molecular formula is C22H21N5O. The summed E-state index contributed by atoms with van der Waals surface area (Å²) in [4.78, 5) is 21.5. The van der Waals surface area contributed by atoms with Crippen molar-refractivity contribution in [1.29, 1.82) is 5.26 Å². The van der Waals surface area contributed by atoms with E-state index in [-0.39, 0.29) is 11.6 Å². The van der Waals surface area contributed by atoms with Crippen molar-refractivity contribution in [3.63, 3.8) is 0 Å². The van der Waals surface area contributed by atoms with Crippen molar-refractivity contribution in [3.8, 4) is 17.5 Å². The molecule has 3 aromatic rings. The first-order valence-electron chi connectivity index (χ1n) is 9.20. The molecule has 3 rings (SSSR count). The lowest BCUT2D eigenvalue weighted by atomic mass is 10.2. The molecule has 28 heavy (non-hydrogen) atoms. The lowest BCUT2D eigenvalue weighted by molar-refractivity contribution is 0.0948. The van der Waals surface area contributed by atoms with Gasteiger partial charge in [-0.3, -0.25) is 4.79 Å². The summed E-state index contributed by atoms with van der Waals surface area (Å²) < 4.78 is 0. The van der Waals surface area contributed by atoms with Gasteiger partial charge >= 0.3 is 0 Å². The maximum absolute atomic E-state index is 12.5. The first kappa shape index (κ1) is 19.1. The summed E-state index contributed by atoms with van der Waals surface area (Å²) in [5.41, 5.74) is 2.21. The quantitative estimate of drug-likeness (QED) is 0.605. The number of carbonyl (C=O) groups excluding carboxylic acids is 1. The minimum Gasteiger partial charge on any atom is -0.351 e. The van der Waals surface area contributed by atoms with Crippen LogP contribution in [0.2, 0.25) is 0 Å². The van der Waals surface area contributed by atoms with Gasteiger partial charge in [0.15, 0.2) is 5.82 Å². The molecule has 0 aliphatic carbocycles. The fourth-order valence-electron chi connectivity index (χ4n) is 2.64. The number of nitrogens with one attached hydrogen (secondary N) is 2. The average molecular weight is 371 g/mol. The van der Waals surface area contributed by atoms with Crippen molar-refractivity contribution in [2.45, 2.75) is 19.8 Å². The number of rotatable bonds is 7. The van der Waals surface area contributed by atoms with Crippen molar-refractivity contribution in [2.24, 2.45) is 0 Å². The first-order valence-corrected chi connectivity index (χ1v) is 9.20. The largest absolute Gasteiger partial charge is 0.351 e. The molecule has 140 valence electrons. The van der Waals surface area contributed by atoms with Crippen LogP contribution < -0.4 is 10.6 Å². The van der Waals surface area contributed by atoms with E-state index in [1.807, 2.05) is 36.4 Å². The van der Waals surface area contributed by atoms with Crippen molar-refractivity contribution in [2.75, 3.05) is 11.9 Å². The molecule has 0 bridgehead atoms. The Morgan fingerprint density at radius 3 is 2.57 bits per heavy atom. The van der Waals surface area contributed by atoms with Crippen LogP contribution in [-0.4, -0.2) is 22.4 Å². The number of nitrogens with zero attached hydrogens (tertiary/aromatic N) is 3. The second kappa shape index (κ2) is 9.28. The highest BCUT2D eigenvalue weighted by Gasteiger charge is 2.13. The summed E-state index contributed by atoms with van der Waals surface area (Å²) in [7, 11) is 0. The van der Waals surface area contributed by atoms with Gasteiger partial charge in [0.25, 0.3) is 5.91 Å². The zero-order valence-electron chi connectivity index (χ0n) is 15.6. The standard InChI is InChI=1S/C22H21N5O/c1-2-3-13-24-22(28)19-14-20(25-18-12-8-7-11-17(18)15-23)27-21(26-19)16-9-5-4-6-10-16/h4-12,14H,2-3,13H2,1H3,(H,24,28)(H,25,26,27). The zero-order chi connectivity index (χ0) is 19.8. The number of nitriles is 1. The van der Waals surface area contributed by atoms with Gasteiger partial charge in [-0.1, -0.05) is 55.8 Å². The molecule has 1 aromatic heterocycles. The summed E-state index contributed by atoms with van der Waals surface area (Å²) in [6, 6.07) is 20.4. The predicted octanol–water partition coefficient (Wildman–Crippen LogP) is 4.29. The van der Waals surface area contributed by atoms with Gasteiger partial charge in [-0.15, -0.1) is 0 Å². The van der Waals surface area contributed by atoms with Crippen LogP contribution >= 0.6 is 0 Å². The fraction of sp³-hybridized carbons (Fsp3) is 0.182. The summed E-state index contributed by atoms with van der Waals surface area (Å²) in [6.07, 6.45) is 1.90. The SMILES string of the molecule is CCCCNC(=O)c1cc(Nc2ccccc2C#N)nc(-c2ccccc2)n1. The monoisotopic (exact) mass is 371 g/mol. The van der Waals surface area contributed by atoms with Gasteiger partial charge in [0, 0.05) is 18.2 Å². The second-order valence-electron chi connectivity index (χ2n) is 6.22. The molecule has 0 aliphatic heterocycles. The van der Waals surface area contributed by atoms with E-state index in [4.69, 9.17) is 0 Å². The minimum absolute atomic E-state index is 0.246. The Balaban J connectivity index is 1.98. The van der Waals surface area contributed by atoms with Crippen LogP contribution in [0.15, 0.2) is 60.7 Å². The number of para-hydroxylation sites is 1. The number of benzene rings is 2. The Morgan fingerprint density at radius 1 is 1.07 bits per heavy atom. The van der Waals surface area contributed by atoms with Gasteiger partial charge in [0.05, 0.1) is 11.3 Å². The van der Waals surface area contributed by atoms with Crippen LogP contribution in [0, 0.1) is 11.3 Å². The van der Waals surface area contributed by atoms with Gasteiger partial charge < -0.3 is 10.6 Å². The lowest BCUT2D eigenvalue weighted by Crippen LogP contribution is -2.25. The Hall–Kier alpha value is -3.72. The topological polar surface area (TPSA) is 90.7 Å². The molecule has 0 saturated carbocycles. The van der Waals surface area contributed by atoms with Gasteiger partial charge in [-0.05, 0) is 18.6 Å². The molecule has 2 aromatic carbocycles. The molecule has 1 heterocycles. The molecule has 0 aliphatic rings. The van der Waals surface area contributed by atoms with Gasteiger partial charge in [0.1, 0.15) is 17.6 Å². The maximum Gasteiger partial charge on any atom is 0.270 e. The van der Waals surface area contributed by atoms with Crippen LogP contribution in [0.5, 0.6) is 0 Å². The van der Waals surface area contributed by atoms with E-state index >= 15 is 0 Å². The Labute approximate surface area is 164 Å². The van der Waals surface area contributed by atoms with E-state index in [2.05, 4.69) is 33.6 Å². The van der Waals surface area contributed by atoms with E-state index < -0.39 is 0 Å². The molecule has 1 amide bonds. The van der Waals surface area contributed by atoms with Crippen LogP contribution in [0.3, 0.4) is 0 Å². The molecular weight excluding hydrogens is 350 g/mol. The zero-order valence-corrected chi connectivity index (χ0v) is 15.6. The Kier molecular flexibility index (Phi) is 6.32. The number of aromatic nitrogens is 2. The van der Waals surface area contributed by atoms with E-state index in [1.165, 1.54) is 0 Å². The Morgan fingerprint density at radius 2 is 1.82 bits per heavy atom. The molecule has 6 heteroatoms. The normalized spacial score (nSPS) is 10.1. The molecule has 0 spiro atoms. The van der Waals surface area contributed by atoms with Crippen LogP contribution in [-0.2, 0) is 0 Å². The number of unbranched alkanes of at least 4 members (excludes halogenated alkanes) is 1. The van der Waals surface area contributed by atoms with Crippen molar-refractivity contribution < 1.29 is 4.79 Å². The highest BCUT2D eigenvalue weighted by Crippen LogP contribution is 2.22. The van der Waals surface area contributed by atoms with Crippen molar-refractivity contribution in [1.82, 2.24) is 15.3 Å².